The highest BCUT2D eigenvalue weighted by molar-refractivity contribution is 5.80. The lowest BCUT2D eigenvalue weighted by atomic mass is 9.89. The molecule has 2 N–H and O–H groups in total. The van der Waals surface area contributed by atoms with Crippen molar-refractivity contribution in [2.75, 3.05) is 46.4 Å². The highest BCUT2D eigenvalue weighted by atomic mass is 16.5. The van der Waals surface area contributed by atoms with E-state index in [1.807, 2.05) is 0 Å². The number of ether oxygens (including phenoxy) is 1. The number of rotatable bonds is 7. The van der Waals surface area contributed by atoms with Crippen molar-refractivity contribution in [3.05, 3.63) is 0 Å². The molecule has 0 aromatic carbocycles. The average Bonchev–Trinajstić information content (AvgIpc) is 3.11. The number of guanidine groups is 1. The standard InChI is InChI=1S/C18H34N4O2/c1-3-19-18(22(2)13-15-9-12-24-14-15)21-11-10-20-17(23)16-7-5-4-6-8-16/h15-16H,3-14H2,1-2H3,(H,19,21)(H,20,23). The number of hydrogen-bond donors (Lipinski definition) is 2. The maximum atomic E-state index is 12.1. The predicted molar refractivity (Wildman–Crippen MR) is 97.1 cm³/mol. The van der Waals surface area contributed by atoms with Gasteiger partial charge < -0.3 is 20.3 Å². The van der Waals surface area contributed by atoms with Crippen LogP contribution in [0.1, 0.15) is 45.4 Å². The zero-order valence-corrected chi connectivity index (χ0v) is 15.4. The van der Waals surface area contributed by atoms with Crippen molar-refractivity contribution >= 4 is 11.9 Å². The molecule has 1 atom stereocenters. The van der Waals surface area contributed by atoms with E-state index in [0.29, 0.717) is 19.0 Å². The molecule has 0 spiro atoms. The van der Waals surface area contributed by atoms with Gasteiger partial charge in [-0.1, -0.05) is 19.3 Å². The normalized spacial score (nSPS) is 22.4. The maximum Gasteiger partial charge on any atom is 0.223 e. The summed E-state index contributed by atoms with van der Waals surface area (Å²) in [6, 6.07) is 0. The summed E-state index contributed by atoms with van der Waals surface area (Å²) in [5, 5.41) is 6.38. The zero-order chi connectivity index (χ0) is 17.2. The van der Waals surface area contributed by atoms with Gasteiger partial charge in [0, 0.05) is 45.1 Å². The van der Waals surface area contributed by atoms with E-state index in [-0.39, 0.29) is 11.8 Å². The van der Waals surface area contributed by atoms with Gasteiger partial charge >= 0.3 is 0 Å². The molecule has 2 fully saturated rings. The summed E-state index contributed by atoms with van der Waals surface area (Å²) in [7, 11) is 2.07. The summed E-state index contributed by atoms with van der Waals surface area (Å²) in [5.41, 5.74) is 0. The first-order valence-electron chi connectivity index (χ1n) is 9.55. The lowest BCUT2D eigenvalue weighted by Crippen LogP contribution is -2.42. The van der Waals surface area contributed by atoms with E-state index < -0.39 is 0 Å². The van der Waals surface area contributed by atoms with Crippen LogP contribution in [0.3, 0.4) is 0 Å². The Morgan fingerprint density at radius 3 is 2.67 bits per heavy atom. The van der Waals surface area contributed by atoms with Crippen LogP contribution in [0.5, 0.6) is 0 Å². The molecule has 0 aromatic heterocycles. The Labute approximate surface area is 146 Å². The number of hydrogen-bond acceptors (Lipinski definition) is 3. The molecule has 2 rings (SSSR count). The van der Waals surface area contributed by atoms with Crippen molar-refractivity contribution < 1.29 is 9.53 Å². The second kappa shape index (κ2) is 10.5. The summed E-state index contributed by atoms with van der Waals surface area (Å²) in [4.78, 5) is 19.0. The lowest BCUT2D eigenvalue weighted by molar-refractivity contribution is -0.125. The molecule has 138 valence electrons. The van der Waals surface area contributed by atoms with Gasteiger partial charge in [0.25, 0.3) is 0 Å². The molecule has 1 heterocycles. The molecule has 6 heteroatoms. The van der Waals surface area contributed by atoms with Gasteiger partial charge in [0.1, 0.15) is 0 Å². The fourth-order valence-electron chi connectivity index (χ4n) is 3.52. The van der Waals surface area contributed by atoms with Crippen LogP contribution in [0.15, 0.2) is 4.99 Å². The summed E-state index contributed by atoms with van der Waals surface area (Å²) < 4.78 is 5.45. The Bertz CT molecular complexity index is 402. The van der Waals surface area contributed by atoms with E-state index in [4.69, 9.17) is 4.74 Å². The number of nitrogens with one attached hydrogen (secondary N) is 2. The van der Waals surface area contributed by atoms with E-state index in [0.717, 1.165) is 51.5 Å². The smallest absolute Gasteiger partial charge is 0.223 e. The zero-order valence-electron chi connectivity index (χ0n) is 15.4. The Kier molecular flexibility index (Phi) is 8.36. The molecule has 0 aromatic rings. The van der Waals surface area contributed by atoms with Crippen molar-refractivity contribution in [1.29, 1.82) is 0 Å². The second-order valence-electron chi connectivity index (χ2n) is 6.97. The molecular weight excluding hydrogens is 304 g/mol. The molecule has 1 aliphatic carbocycles. The van der Waals surface area contributed by atoms with E-state index in [1.165, 1.54) is 19.3 Å². The summed E-state index contributed by atoms with van der Waals surface area (Å²) in [5.74, 6) is 1.94. The van der Waals surface area contributed by atoms with E-state index in [2.05, 4.69) is 34.5 Å². The third kappa shape index (κ3) is 6.30. The SMILES string of the molecule is CCNC(=NCCNC(=O)C1CCCCC1)N(C)CC1CCOC1. The van der Waals surface area contributed by atoms with Crippen molar-refractivity contribution in [3.63, 3.8) is 0 Å². The first-order valence-corrected chi connectivity index (χ1v) is 9.55. The third-order valence-electron chi connectivity index (χ3n) is 4.90. The van der Waals surface area contributed by atoms with Crippen LogP contribution < -0.4 is 10.6 Å². The topological polar surface area (TPSA) is 66.0 Å². The molecule has 1 aliphatic heterocycles. The molecule has 24 heavy (non-hydrogen) atoms. The van der Waals surface area contributed by atoms with Gasteiger partial charge in [-0.25, -0.2) is 0 Å². The minimum Gasteiger partial charge on any atom is -0.381 e. The van der Waals surface area contributed by atoms with Crippen molar-refractivity contribution in [3.8, 4) is 0 Å². The predicted octanol–water partition coefficient (Wildman–Crippen LogP) is 1.62. The van der Waals surface area contributed by atoms with Gasteiger partial charge in [-0.15, -0.1) is 0 Å². The van der Waals surface area contributed by atoms with E-state index in [9.17, 15) is 4.79 Å². The van der Waals surface area contributed by atoms with Crippen molar-refractivity contribution in [2.45, 2.75) is 45.4 Å². The summed E-state index contributed by atoms with van der Waals surface area (Å²) in [6.07, 6.45) is 6.88. The Hall–Kier alpha value is -1.30. The van der Waals surface area contributed by atoms with E-state index in [1.54, 1.807) is 0 Å². The van der Waals surface area contributed by atoms with Crippen LogP contribution in [-0.2, 0) is 9.53 Å². The minimum atomic E-state index is 0.214. The van der Waals surface area contributed by atoms with Crippen molar-refractivity contribution in [2.24, 2.45) is 16.8 Å². The highest BCUT2D eigenvalue weighted by Crippen LogP contribution is 2.23. The fraction of sp³-hybridized carbons (Fsp3) is 0.889. The largest absolute Gasteiger partial charge is 0.381 e. The van der Waals surface area contributed by atoms with Gasteiger partial charge in [-0.3, -0.25) is 9.79 Å². The lowest BCUT2D eigenvalue weighted by Gasteiger charge is -2.24. The maximum absolute atomic E-state index is 12.1. The first-order chi connectivity index (χ1) is 11.7. The first kappa shape index (κ1) is 19.0. The van der Waals surface area contributed by atoms with E-state index >= 15 is 0 Å². The molecular formula is C18H34N4O2. The van der Waals surface area contributed by atoms with Crippen LogP contribution in [0.25, 0.3) is 0 Å². The van der Waals surface area contributed by atoms with Gasteiger partial charge in [-0.2, -0.15) is 0 Å². The number of nitrogens with zero attached hydrogens (tertiary/aromatic N) is 2. The number of amides is 1. The molecule has 1 amide bonds. The Balaban J connectivity index is 1.72. The average molecular weight is 338 g/mol. The van der Waals surface area contributed by atoms with Gasteiger partial charge in [0.15, 0.2) is 5.96 Å². The minimum absolute atomic E-state index is 0.214. The second-order valence-corrected chi connectivity index (χ2v) is 6.97. The number of aliphatic imine (C=N–C) groups is 1. The molecule has 0 radical (unpaired) electrons. The highest BCUT2D eigenvalue weighted by Gasteiger charge is 2.21. The van der Waals surface area contributed by atoms with Crippen molar-refractivity contribution in [1.82, 2.24) is 15.5 Å². The summed E-state index contributed by atoms with van der Waals surface area (Å²) >= 11 is 0. The van der Waals surface area contributed by atoms with Crippen LogP contribution >= 0.6 is 0 Å². The number of carbonyl (C=O) groups is 1. The van der Waals surface area contributed by atoms with Crippen LogP contribution in [-0.4, -0.2) is 63.2 Å². The molecule has 1 saturated carbocycles. The molecule has 6 nitrogen and oxygen atoms in total. The quantitative estimate of drug-likeness (QED) is 0.420. The molecule has 1 saturated heterocycles. The molecule has 1 unspecified atom stereocenters. The molecule has 0 bridgehead atoms. The summed E-state index contributed by atoms with van der Waals surface area (Å²) in [6.45, 7) is 6.84. The van der Waals surface area contributed by atoms with Crippen LogP contribution in [0.2, 0.25) is 0 Å². The van der Waals surface area contributed by atoms with Gasteiger partial charge in [0.2, 0.25) is 5.91 Å². The van der Waals surface area contributed by atoms with Gasteiger partial charge in [-0.05, 0) is 26.2 Å². The Morgan fingerprint density at radius 1 is 1.21 bits per heavy atom. The monoisotopic (exact) mass is 338 g/mol. The molecule has 2 aliphatic rings. The van der Waals surface area contributed by atoms with Crippen LogP contribution in [0.4, 0.5) is 0 Å². The Morgan fingerprint density at radius 2 is 2.00 bits per heavy atom. The van der Waals surface area contributed by atoms with Crippen LogP contribution in [0, 0.1) is 11.8 Å². The number of carbonyl (C=O) groups excluding carboxylic acids is 1. The van der Waals surface area contributed by atoms with Gasteiger partial charge in [0.05, 0.1) is 13.2 Å². The third-order valence-corrected chi connectivity index (χ3v) is 4.90. The fourth-order valence-corrected chi connectivity index (χ4v) is 3.52.